The van der Waals surface area contributed by atoms with Crippen LogP contribution in [0.25, 0.3) is 0 Å². The zero-order valence-electron chi connectivity index (χ0n) is 18.5. The number of amides is 2. The second-order valence-corrected chi connectivity index (χ2v) is 11.2. The van der Waals surface area contributed by atoms with Crippen LogP contribution >= 0.6 is 0 Å². The first-order chi connectivity index (χ1) is 15.2. The van der Waals surface area contributed by atoms with Gasteiger partial charge in [-0.1, -0.05) is 25.1 Å². The van der Waals surface area contributed by atoms with Crippen LogP contribution in [0.3, 0.4) is 0 Å². The monoisotopic (exact) mass is 465 g/mol. The number of sulfone groups is 1. The van der Waals surface area contributed by atoms with E-state index in [9.17, 15) is 22.4 Å². The maximum absolute atomic E-state index is 14.0. The summed E-state index contributed by atoms with van der Waals surface area (Å²) >= 11 is 0. The maximum atomic E-state index is 14.0. The van der Waals surface area contributed by atoms with Gasteiger partial charge in [0.15, 0.2) is 21.4 Å². The van der Waals surface area contributed by atoms with Gasteiger partial charge in [-0.15, -0.1) is 0 Å². The number of rotatable bonds is 12. The molecule has 32 heavy (non-hydrogen) atoms. The molecule has 8 heteroatoms. The molecule has 1 unspecified atom stereocenters. The van der Waals surface area contributed by atoms with Crippen LogP contribution in [-0.4, -0.2) is 38.3 Å². The summed E-state index contributed by atoms with van der Waals surface area (Å²) in [4.78, 5) is 22.9. The number of nitrogens with one attached hydrogen (secondary N) is 1. The first-order valence-electron chi connectivity index (χ1n) is 11.3. The van der Waals surface area contributed by atoms with E-state index in [4.69, 9.17) is 4.74 Å². The number of piperidine rings is 1. The third kappa shape index (κ3) is 7.73. The Bertz CT molecular complexity index is 955. The van der Waals surface area contributed by atoms with E-state index in [1.54, 1.807) is 12.1 Å². The van der Waals surface area contributed by atoms with Crippen LogP contribution in [0.4, 0.5) is 4.39 Å². The number of allylic oxidation sites excluding steroid dienone is 2. The van der Waals surface area contributed by atoms with Crippen molar-refractivity contribution in [3.8, 4) is 5.75 Å². The van der Waals surface area contributed by atoms with Crippen molar-refractivity contribution in [3.63, 3.8) is 0 Å². The topological polar surface area (TPSA) is 89.5 Å². The van der Waals surface area contributed by atoms with E-state index in [1.165, 1.54) is 6.07 Å². The van der Waals surface area contributed by atoms with E-state index in [0.717, 1.165) is 18.4 Å². The van der Waals surface area contributed by atoms with Crippen molar-refractivity contribution in [3.05, 3.63) is 41.7 Å². The molecule has 2 fully saturated rings. The number of carbonyl (C=O) groups is 2. The van der Waals surface area contributed by atoms with Gasteiger partial charge in [0, 0.05) is 12.3 Å². The third-order valence-electron chi connectivity index (χ3n) is 5.97. The van der Waals surface area contributed by atoms with Crippen molar-refractivity contribution in [1.82, 2.24) is 5.32 Å². The largest absolute Gasteiger partial charge is 0.490 e. The summed E-state index contributed by atoms with van der Waals surface area (Å²) < 4.78 is 44.6. The third-order valence-corrected chi connectivity index (χ3v) is 7.88. The highest BCUT2D eigenvalue weighted by Gasteiger charge is 2.25. The summed E-state index contributed by atoms with van der Waals surface area (Å²) in [5, 5.41) is 2.33. The first kappa shape index (κ1) is 24.4. The fourth-order valence-corrected chi connectivity index (χ4v) is 5.48. The minimum Gasteiger partial charge on any atom is -0.490 e. The van der Waals surface area contributed by atoms with Gasteiger partial charge in [0.1, 0.15) is 0 Å². The summed E-state index contributed by atoms with van der Waals surface area (Å²) in [7, 11) is -3.26. The average Bonchev–Trinajstić information content (AvgIpc) is 3.55. The average molecular weight is 466 g/mol. The van der Waals surface area contributed by atoms with E-state index < -0.39 is 15.7 Å². The van der Waals surface area contributed by atoms with Crippen LogP contribution in [0, 0.1) is 17.7 Å². The predicted molar refractivity (Wildman–Crippen MR) is 121 cm³/mol. The lowest BCUT2D eigenvalue weighted by molar-refractivity contribution is -0.136. The van der Waals surface area contributed by atoms with Crippen molar-refractivity contribution in [1.29, 1.82) is 0 Å². The predicted octanol–water partition coefficient (Wildman–Crippen LogP) is 3.91. The van der Waals surface area contributed by atoms with Gasteiger partial charge < -0.3 is 4.74 Å². The minimum atomic E-state index is -3.26. The van der Waals surface area contributed by atoms with Crippen LogP contribution in [0.2, 0.25) is 0 Å². The normalized spacial score (nSPS) is 20.4. The van der Waals surface area contributed by atoms with E-state index in [2.05, 4.69) is 5.32 Å². The molecule has 3 rings (SSSR count). The van der Waals surface area contributed by atoms with Gasteiger partial charge in [-0.2, -0.15) is 0 Å². The standard InChI is InChI=1S/C24H32FNO5S/c1-17(20-9-11-21(25)22(14-20)31-15-18-7-8-18)16-32(29,30)13-5-3-2-4-6-19-10-12-23(27)26-24(19)28/h2,4,9,11,14,17-19H,3,5-8,10,12-13,15-16H2,1H3,(H,26,27,28)/b4-2+/t17-,19?/m0/s1. The van der Waals surface area contributed by atoms with Crippen molar-refractivity contribution in [2.75, 3.05) is 18.1 Å². The Morgan fingerprint density at radius 3 is 2.72 bits per heavy atom. The highest BCUT2D eigenvalue weighted by Crippen LogP contribution is 2.31. The second-order valence-electron chi connectivity index (χ2n) is 8.96. The molecular formula is C24H32FNO5S. The number of halogens is 1. The number of unbranched alkanes of at least 4 members (excludes halogenated alkanes) is 1. The van der Waals surface area contributed by atoms with Crippen molar-refractivity contribution in [2.24, 2.45) is 11.8 Å². The molecule has 0 spiro atoms. The van der Waals surface area contributed by atoms with Gasteiger partial charge in [0.05, 0.1) is 18.1 Å². The van der Waals surface area contributed by atoms with E-state index in [-0.39, 0.29) is 40.9 Å². The first-order valence-corrected chi connectivity index (χ1v) is 13.2. The molecule has 0 bridgehead atoms. The molecule has 1 N–H and O–H groups in total. The fourth-order valence-electron chi connectivity index (χ4n) is 3.75. The van der Waals surface area contributed by atoms with Crippen LogP contribution in [0.5, 0.6) is 5.75 Å². The number of ether oxygens (including phenoxy) is 1. The Kier molecular flexibility index (Phi) is 8.45. The summed E-state index contributed by atoms with van der Waals surface area (Å²) in [5.74, 6) is -0.550. The molecule has 1 saturated heterocycles. The summed E-state index contributed by atoms with van der Waals surface area (Å²) in [6.45, 7) is 2.33. The molecule has 1 aromatic rings. The molecule has 0 aromatic heterocycles. The van der Waals surface area contributed by atoms with Crippen molar-refractivity contribution < 1.29 is 27.1 Å². The highest BCUT2D eigenvalue weighted by molar-refractivity contribution is 7.91. The lowest BCUT2D eigenvalue weighted by Crippen LogP contribution is -2.40. The highest BCUT2D eigenvalue weighted by atomic mass is 32.2. The smallest absolute Gasteiger partial charge is 0.229 e. The molecule has 1 aromatic carbocycles. The molecule has 1 saturated carbocycles. The van der Waals surface area contributed by atoms with Gasteiger partial charge in [-0.05, 0) is 68.1 Å². The van der Waals surface area contributed by atoms with Gasteiger partial charge >= 0.3 is 0 Å². The summed E-state index contributed by atoms with van der Waals surface area (Å²) in [5.41, 5.74) is 0.755. The van der Waals surface area contributed by atoms with Crippen molar-refractivity contribution >= 4 is 21.7 Å². The zero-order valence-corrected chi connectivity index (χ0v) is 19.3. The quantitative estimate of drug-likeness (QED) is 0.287. The van der Waals surface area contributed by atoms with Crippen LogP contribution in [0.15, 0.2) is 30.4 Å². The number of hydrogen-bond acceptors (Lipinski definition) is 5. The Morgan fingerprint density at radius 2 is 2.00 bits per heavy atom. The molecule has 2 amide bonds. The maximum Gasteiger partial charge on any atom is 0.229 e. The van der Waals surface area contributed by atoms with Crippen LogP contribution < -0.4 is 10.1 Å². The molecule has 2 aliphatic rings. The SMILES string of the molecule is C[C@@H](CS(=O)(=O)CCC/C=C/CC1CCC(=O)NC1=O)c1ccc(F)c(OCC2CC2)c1. The lowest BCUT2D eigenvalue weighted by atomic mass is 9.94. The molecule has 2 atom stereocenters. The summed E-state index contributed by atoms with van der Waals surface area (Å²) in [6, 6.07) is 4.58. The van der Waals surface area contributed by atoms with Crippen LogP contribution in [0.1, 0.15) is 63.4 Å². The second kappa shape index (κ2) is 11.1. The summed E-state index contributed by atoms with van der Waals surface area (Å²) in [6.07, 6.45) is 8.59. The molecule has 6 nitrogen and oxygen atoms in total. The Morgan fingerprint density at radius 1 is 1.22 bits per heavy atom. The van der Waals surface area contributed by atoms with Gasteiger partial charge in [0.2, 0.25) is 11.8 Å². The fraction of sp³-hybridized carbons (Fsp3) is 0.583. The van der Waals surface area contributed by atoms with E-state index in [1.807, 2.05) is 19.1 Å². The van der Waals surface area contributed by atoms with Crippen molar-refractivity contribution in [2.45, 2.75) is 57.8 Å². The molecule has 1 heterocycles. The Balaban J connectivity index is 1.41. The number of imide groups is 1. The minimum absolute atomic E-state index is 0.000680. The molecule has 0 radical (unpaired) electrons. The molecular weight excluding hydrogens is 433 g/mol. The lowest BCUT2D eigenvalue weighted by Gasteiger charge is -2.19. The van der Waals surface area contributed by atoms with Crippen LogP contribution in [-0.2, 0) is 19.4 Å². The molecule has 176 valence electrons. The Hall–Kier alpha value is -2.22. The van der Waals surface area contributed by atoms with Gasteiger partial charge in [-0.3, -0.25) is 14.9 Å². The number of benzene rings is 1. The van der Waals surface area contributed by atoms with E-state index >= 15 is 0 Å². The number of hydrogen-bond donors (Lipinski definition) is 1. The van der Waals surface area contributed by atoms with Gasteiger partial charge in [-0.25, -0.2) is 12.8 Å². The zero-order chi connectivity index (χ0) is 23.1. The molecule has 1 aliphatic carbocycles. The molecule has 1 aliphatic heterocycles. The Labute approximate surface area is 189 Å². The van der Waals surface area contributed by atoms with Gasteiger partial charge in [0.25, 0.3) is 0 Å². The number of carbonyl (C=O) groups excluding carboxylic acids is 2. The van der Waals surface area contributed by atoms with E-state index in [0.29, 0.717) is 44.6 Å².